The first-order chi connectivity index (χ1) is 9.91. The molecule has 1 aromatic rings. The monoisotopic (exact) mass is 312 g/mol. The summed E-state index contributed by atoms with van der Waals surface area (Å²) in [5, 5.41) is 7.38. The average molecular weight is 312 g/mol. The van der Waals surface area contributed by atoms with Crippen molar-refractivity contribution in [3.05, 3.63) is 5.69 Å². The van der Waals surface area contributed by atoms with Crippen LogP contribution in [0.1, 0.15) is 25.5 Å². The van der Waals surface area contributed by atoms with Gasteiger partial charge in [0.05, 0.1) is 23.7 Å². The minimum atomic E-state index is -2.98. The van der Waals surface area contributed by atoms with E-state index in [1.165, 1.54) is 0 Å². The lowest BCUT2D eigenvalue weighted by Crippen LogP contribution is -2.46. The third-order valence-corrected chi connectivity index (χ3v) is 5.83. The number of carbonyl (C=O) groups excluding carboxylic acids is 1. The molecule has 0 aliphatic carbocycles. The fraction of sp³-hybridized carbons (Fsp3) is 0.692. The van der Waals surface area contributed by atoms with E-state index in [0.717, 1.165) is 30.0 Å². The van der Waals surface area contributed by atoms with Gasteiger partial charge in [0.2, 0.25) is 5.91 Å². The van der Waals surface area contributed by atoms with Crippen molar-refractivity contribution in [2.45, 2.75) is 32.2 Å². The summed E-state index contributed by atoms with van der Waals surface area (Å²) in [7, 11) is -1.14. The molecule has 116 valence electrons. The molecule has 1 unspecified atom stereocenters. The average Bonchev–Trinajstić information content (AvgIpc) is 2.91. The predicted molar refractivity (Wildman–Crippen MR) is 80.2 cm³/mol. The summed E-state index contributed by atoms with van der Waals surface area (Å²) in [6.45, 7) is 2.26. The summed E-state index contributed by atoms with van der Waals surface area (Å²) in [4.78, 5) is 13.9. The van der Waals surface area contributed by atoms with Gasteiger partial charge in [-0.15, -0.1) is 0 Å². The quantitative estimate of drug-likeness (QED) is 0.869. The molecule has 1 N–H and O–H groups in total. The highest BCUT2D eigenvalue weighted by molar-refractivity contribution is 7.91. The second-order valence-electron chi connectivity index (χ2n) is 5.75. The molecule has 0 spiro atoms. The number of hydrogen-bond donors (Lipinski definition) is 1. The number of aryl methyl sites for hydroxylation is 2. The Morgan fingerprint density at radius 2 is 2.19 bits per heavy atom. The summed E-state index contributed by atoms with van der Waals surface area (Å²) in [6, 6.07) is -0.135. The number of sulfone groups is 1. The maximum absolute atomic E-state index is 12.0. The van der Waals surface area contributed by atoms with Crippen LogP contribution in [0.25, 0.3) is 0 Å². The molecule has 0 radical (unpaired) electrons. The van der Waals surface area contributed by atoms with E-state index in [2.05, 4.69) is 17.3 Å². The normalized spacial score (nSPS) is 24.0. The number of rotatable bonds is 3. The largest absolute Gasteiger partial charge is 0.342 e. The minimum Gasteiger partial charge on any atom is -0.342 e. The summed E-state index contributed by atoms with van der Waals surface area (Å²) >= 11 is 0. The SMILES string of the molecule is CCCc1nn(C)c2c1NC(=O)CN2C1CCS(=O)(=O)C1. The van der Waals surface area contributed by atoms with Gasteiger partial charge in [0.25, 0.3) is 0 Å². The second-order valence-corrected chi connectivity index (χ2v) is 7.98. The fourth-order valence-electron chi connectivity index (χ4n) is 3.17. The van der Waals surface area contributed by atoms with E-state index in [-0.39, 0.29) is 30.0 Å². The predicted octanol–water partition coefficient (Wildman–Crippen LogP) is 0.318. The summed E-state index contributed by atoms with van der Waals surface area (Å²) < 4.78 is 25.2. The van der Waals surface area contributed by atoms with Gasteiger partial charge in [0.1, 0.15) is 5.69 Å². The van der Waals surface area contributed by atoms with Gasteiger partial charge in [-0.25, -0.2) is 8.42 Å². The molecular weight excluding hydrogens is 292 g/mol. The first kappa shape index (κ1) is 14.4. The van der Waals surface area contributed by atoms with E-state index >= 15 is 0 Å². The van der Waals surface area contributed by atoms with Crippen molar-refractivity contribution >= 4 is 27.2 Å². The molecule has 1 fully saturated rings. The molecule has 2 aliphatic rings. The molecule has 0 aromatic carbocycles. The van der Waals surface area contributed by atoms with Gasteiger partial charge in [-0.1, -0.05) is 13.3 Å². The van der Waals surface area contributed by atoms with Crippen LogP contribution in [0, 0.1) is 0 Å². The highest BCUT2D eigenvalue weighted by atomic mass is 32.2. The number of nitrogens with one attached hydrogen (secondary N) is 1. The molecular formula is C13H20N4O3S. The summed E-state index contributed by atoms with van der Waals surface area (Å²) in [6.07, 6.45) is 2.31. The lowest BCUT2D eigenvalue weighted by atomic mass is 10.1. The highest BCUT2D eigenvalue weighted by Crippen LogP contribution is 2.36. The Kier molecular flexibility index (Phi) is 3.43. The number of amides is 1. The number of aromatic nitrogens is 2. The Balaban J connectivity index is 2.00. The molecule has 2 aliphatic heterocycles. The molecule has 1 amide bonds. The van der Waals surface area contributed by atoms with Crippen LogP contribution in [0.4, 0.5) is 11.5 Å². The Bertz CT molecular complexity index is 680. The van der Waals surface area contributed by atoms with E-state index in [9.17, 15) is 13.2 Å². The standard InChI is InChI=1S/C13H20N4O3S/c1-3-4-10-12-13(16(2)15-10)17(7-11(18)14-12)9-5-6-21(19,20)8-9/h9H,3-8H2,1-2H3,(H,14,18). The topological polar surface area (TPSA) is 84.3 Å². The van der Waals surface area contributed by atoms with E-state index < -0.39 is 9.84 Å². The van der Waals surface area contributed by atoms with Gasteiger partial charge in [0.15, 0.2) is 15.7 Å². The van der Waals surface area contributed by atoms with Crippen LogP contribution in [0.5, 0.6) is 0 Å². The van der Waals surface area contributed by atoms with Crippen molar-refractivity contribution in [3.8, 4) is 0 Å². The van der Waals surface area contributed by atoms with Gasteiger partial charge < -0.3 is 10.2 Å². The third-order valence-electron chi connectivity index (χ3n) is 4.08. The van der Waals surface area contributed by atoms with Crippen molar-refractivity contribution in [2.24, 2.45) is 7.05 Å². The number of carbonyl (C=O) groups is 1. The van der Waals surface area contributed by atoms with Gasteiger partial charge >= 0.3 is 0 Å². The molecule has 21 heavy (non-hydrogen) atoms. The molecule has 3 heterocycles. The fourth-order valence-corrected chi connectivity index (χ4v) is 4.90. The van der Waals surface area contributed by atoms with E-state index in [1.807, 2.05) is 11.9 Å². The maximum Gasteiger partial charge on any atom is 0.244 e. The smallest absolute Gasteiger partial charge is 0.244 e. The van der Waals surface area contributed by atoms with Gasteiger partial charge in [-0.2, -0.15) is 5.10 Å². The van der Waals surface area contributed by atoms with Gasteiger partial charge in [-0.3, -0.25) is 9.48 Å². The number of nitrogens with zero attached hydrogens (tertiary/aromatic N) is 3. The van der Waals surface area contributed by atoms with Gasteiger partial charge in [0, 0.05) is 13.1 Å². The van der Waals surface area contributed by atoms with Crippen LogP contribution in [0.3, 0.4) is 0 Å². The zero-order valence-corrected chi connectivity index (χ0v) is 13.1. The molecule has 1 saturated heterocycles. The van der Waals surface area contributed by atoms with Crippen LogP contribution >= 0.6 is 0 Å². The highest BCUT2D eigenvalue weighted by Gasteiger charge is 2.38. The third kappa shape index (κ3) is 2.52. The first-order valence-electron chi connectivity index (χ1n) is 7.24. The van der Waals surface area contributed by atoms with Crippen LogP contribution < -0.4 is 10.2 Å². The van der Waals surface area contributed by atoms with Crippen LogP contribution in [-0.4, -0.2) is 48.2 Å². The van der Waals surface area contributed by atoms with Crippen molar-refractivity contribution in [2.75, 3.05) is 28.3 Å². The Morgan fingerprint density at radius 1 is 1.43 bits per heavy atom. The maximum atomic E-state index is 12.0. The van der Waals surface area contributed by atoms with E-state index in [4.69, 9.17) is 0 Å². The lowest BCUT2D eigenvalue weighted by Gasteiger charge is -2.33. The molecule has 0 saturated carbocycles. The Morgan fingerprint density at radius 3 is 2.81 bits per heavy atom. The molecule has 7 nitrogen and oxygen atoms in total. The van der Waals surface area contributed by atoms with Crippen molar-refractivity contribution in [1.82, 2.24) is 9.78 Å². The zero-order valence-electron chi connectivity index (χ0n) is 12.3. The van der Waals surface area contributed by atoms with Crippen molar-refractivity contribution < 1.29 is 13.2 Å². The van der Waals surface area contributed by atoms with Crippen LogP contribution in [-0.2, 0) is 28.1 Å². The number of fused-ring (bicyclic) bond motifs is 1. The first-order valence-corrected chi connectivity index (χ1v) is 9.06. The molecule has 8 heteroatoms. The van der Waals surface area contributed by atoms with Crippen molar-refractivity contribution in [1.29, 1.82) is 0 Å². The van der Waals surface area contributed by atoms with Gasteiger partial charge in [-0.05, 0) is 12.8 Å². The summed E-state index contributed by atoms with van der Waals surface area (Å²) in [5.41, 5.74) is 1.62. The molecule has 3 rings (SSSR count). The van der Waals surface area contributed by atoms with E-state index in [1.54, 1.807) is 4.68 Å². The molecule has 1 aromatic heterocycles. The number of anilines is 2. The lowest BCUT2D eigenvalue weighted by molar-refractivity contribution is -0.115. The molecule has 0 bridgehead atoms. The Hall–Kier alpha value is -1.57. The zero-order chi connectivity index (χ0) is 15.2. The van der Waals surface area contributed by atoms with E-state index in [0.29, 0.717) is 6.42 Å². The Labute approximate surface area is 124 Å². The second kappa shape index (κ2) is 5.01. The number of hydrogen-bond acceptors (Lipinski definition) is 5. The molecule has 1 atom stereocenters. The van der Waals surface area contributed by atoms with Crippen LogP contribution in [0.2, 0.25) is 0 Å². The van der Waals surface area contributed by atoms with Crippen LogP contribution in [0.15, 0.2) is 0 Å². The van der Waals surface area contributed by atoms with Crippen molar-refractivity contribution in [3.63, 3.8) is 0 Å². The minimum absolute atomic E-state index is 0.0999. The summed E-state index contributed by atoms with van der Waals surface area (Å²) in [5.74, 6) is 1.05.